The molecular formula is C27H28FN7O2S. The highest BCUT2D eigenvalue weighted by Gasteiger charge is 2.19. The highest BCUT2D eigenvalue weighted by atomic mass is 32.1. The molecule has 1 aromatic carbocycles. The second-order valence-electron chi connectivity index (χ2n) is 9.70. The van der Waals surface area contributed by atoms with Crippen LogP contribution in [0.2, 0.25) is 0 Å². The Morgan fingerprint density at radius 3 is 2.74 bits per heavy atom. The number of likely N-dealkylation sites (tertiary alicyclic amines) is 1. The number of carbonyl (C=O) groups is 1. The molecule has 1 aliphatic carbocycles. The van der Waals surface area contributed by atoms with Gasteiger partial charge in [-0.3, -0.25) is 14.3 Å². The van der Waals surface area contributed by atoms with Gasteiger partial charge in [0.2, 0.25) is 0 Å². The average molecular weight is 534 g/mol. The molecule has 4 aromatic rings. The molecule has 1 fully saturated rings. The van der Waals surface area contributed by atoms with E-state index in [9.17, 15) is 14.0 Å². The molecule has 9 nitrogen and oxygen atoms in total. The lowest BCUT2D eigenvalue weighted by Gasteiger charge is -2.30. The highest BCUT2D eigenvalue weighted by molar-refractivity contribution is 7.14. The molecular weight excluding hydrogens is 505 g/mol. The lowest BCUT2D eigenvalue weighted by molar-refractivity contribution is 0.103. The number of carbonyl (C=O) groups excluding carboxylic acids is 1. The van der Waals surface area contributed by atoms with Crippen molar-refractivity contribution in [3.8, 4) is 11.3 Å². The van der Waals surface area contributed by atoms with Gasteiger partial charge in [-0.05, 0) is 81.1 Å². The van der Waals surface area contributed by atoms with Crippen molar-refractivity contribution in [1.29, 1.82) is 0 Å². The quantitative estimate of drug-likeness (QED) is 0.310. The molecule has 1 aliphatic heterocycles. The van der Waals surface area contributed by atoms with E-state index in [-0.39, 0.29) is 17.3 Å². The molecule has 0 bridgehead atoms. The minimum absolute atomic E-state index is 0.0577. The highest BCUT2D eigenvalue weighted by Crippen LogP contribution is 2.31. The number of anilines is 3. The first-order chi connectivity index (χ1) is 18.5. The molecule has 0 saturated carbocycles. The predicted molar refractivity (Wildman–Crippen MR) is 146 cm³/mol. The third kappa shape index (κ3) is 5.25. The van der Waals surface area contributed by atoms with Crippen LogP contribution in [0.25, 0.3) is 11.3 Å². The van der Waals surface area contributed by atoms with E-state index in [1.165, 1.54) is 40.3 Å². The number of rotatable bonds is 8. The summed E-state index contributed by atoms with van der Waals surface area (Å²) in [4.78, 5) is 29.5. The summed E-state index contributed by atoms with van der Waals surface area (Å²) in [5.41, 5.74) is 2.11. The molecule has 3 N–H and O–H groups in total. The first-order valence-electron chi connectivity index (χ1n) is 12.9. The van der Waals surface area contributed by atoms with Gasteiger partial charge in [-0.15, -0.1) is 11.3 Å². The van der Waals surface area contributed by atoms with E-state index in [0.29, 0.717) is 22.0 Å². The third-order valence-corrected chi connectivity index (χ3v) is 8.27. The summed E-state index contributed by atoms with van der Waals surface area (Å²) in [5, 5.41) is 16.9. The maximum Gasteiger partial charge on any atom is 0.287 e. The van der Waals surface area contributed by atoms with Crippen molar-refractivity contribution < 1.29 is 9.18 Å². The number of thiophene rings is 1. The fraction of sp³-hybridized carbons (Fsp3) is 0.333. The molecule has 0 radical (unpaired) electrons. The SMILES string of the molecule is O=C(Nc1cc(-c2cc(Nc3ccn(CCN4CCC4)n3)c(=O)[nH]n2)ccc1F)c1cc2c(s1)CCCC2. The van der Waals surface area contributed by atoms with Gasteiger partial charge in [0.1, 0.15) is 11.5 Å². The molecule has 196 valence electrons. The number of benzene rings is 1. The Labute approximate surface area is 222 Å². The summed E-state index contributed by atoms with van der Waals surface area (Å²) in [6, 6.07) is 9.68. The van der Waals surface area contributed by atoms with Crippen molar-refractivity contribution in [3.05, 3.63) is 74.1 Å². The fourth-order valence-corrected chi connectivity index (χ4v) is 5.90. The smallest absolute Gasteiger partial charge is 0.287 e. The van der Waals surface area contributed by atoms with Crippen LogP contribution in [0.15, 0.2) is 47.4 Å². The number of nitrogens with zero attached hydrogens (tertiary/aromatic N) is 4. The number of hydrogen-bond acceptors (Lipinski definition) is 7. The van der Waals surface area contributed by atoms with E-state index in [1.807, 2.05) is 23.0 Å². The number of aromatic amines is 1. The molecule has 1 saturated heterocycles. The zero-order chi connectivity index (χ0) is 26.1. The fourth-order valence-electron chi connectivity index (χ4n) is 4.75. The van der Waals surface area contributed by atoms with Crippen molar-refractivity contribution in [1.82, 2.24) is 24.9 Å². The van der Waals surface area contributed by atoms with Crippen molar-refractivity contribution in [2.45, 2.75) is 38.6 Å². The Hall–Kier alpha value is -3.83. The molecule has 2 aliphatic rings. The first kappa shape index (κ1) is 24.5. The number of hydrogen-bond donors (Lipinski definition) is 3. The van der Waals surface area contributed by atoms with E-state index in [4.69, 9.17) is 0 Å². The van der Waals surface area contributed by atoms with Crippen LogP contribution in [0.5, 0.6) is 0 Å². The van der Waals surface area contributed by atoms with E-state index in [1.54, 1.807) is 12.1 Å². The number of halogens is 1. The minimum atomic E-state index is -0.546. The summed E-state index contributed by atoms with van der Waals surface area (Å²) in [5.74, 6) is -0.334. The Morgan fingerprint density at radius 1 is 1.05 bits per heavy atom. The summed E-state index contributed by atoms with van der Waals surface area (Å²) in [6.45, 7) is 3.98. The van der Waals surface area contributed by atoms with Gasteiger partial charge in [-0.1, -0.05) is 0 Å². The van der Waals surface area contributed by atoms with E-state index >= 15 is 0 Å². The Balaban J connectivity index is 1.18. The first-order valence-corrected chi connectivity index (χ1v) is 13.7. The maximum absolute atomic E-state index is 14.6. The number of aromatic nitrogens is 4. The van der Waals surface area contributed by atoms with Crippen LogP contribution in [0.3, 0.4) is 0 Å². The van der Waals surface area contributed by atoms with Crippen molar-refractivity contribution in [2.24, 2.45) is 0 Å². The normalized spacial score (nSPS) is 15.1. The third-order valence-electron chi connectivity index (χ3n) is 7.03. The van der Waals surface area contributed by atoms with Gasteiger partial charge < -0.3 is 15.5 Å². The number of H-pyrrole nitrogens is 1. The minimum Gasteiger partial charge on any atom is -0.334 e. The number of amides is 1. The maximum atomic E-state index is 14.6. The molecule has 0 unspecified atom stereocenters. The summed E-state index contributed by atoms with van der Waals surface area (Å²) >= 11 is 1.48. The molecule has 4 heterocycles. The molecule has 0 spiro atoms. The largest absolute Gasteiger partial charge is 0.334 e. The summed E-state index contributed by atoms with van der Waals surface area (Å²) in [7, 11) is 0. The summed E-state index contributed by atoms with van der Waals surface area (Å²) in [6.07, 6.45) is 7.36. The lowest BCUT2D eigenvalue weighted by Crippen LogP contribution is -2.39. The lowest BCUT2D eigenvalue weighted by atomic mass is 9.99. The Kier molecular flexibility index (Phi) is 6.77. The second kappa shape index (κ2) is 10.5. The van der Waals surface area contributed by atoms with Crippen molar-refractivity contribution >= 4 is 34.4 Å². The molecule has 11 heteroatoms. The molecule has 38 heavy (non-hydrogen) atoms. The predicted octanol–water partition coefficient (Wildman–Crippen LogP) is 4.41. The number of nitrogens with one attached hydrogen (secondary N) is 3. The van der Waals surface area contributed by atoms with Crippen LogP contribution in [0, 0.1) is 5.82 Å². The molecule has 6 rings (SSSR count). The van der Waals surface area contributed by atoms with Crippen molar-refractivity contribution in [2.75, 3.05) is 30.3 Å². The van der Waals surface area contributed by atoms with Crippen molar-refractivity contribution in [3.63, 3.8) is 0 Å². The van der Waals surface area contributed by atoms with Crippen LogP contribution >= 0.6 is 11.3 Å². The van der Waals surface area contributed by atoms with Gasteiger partial charge in [0.15, 0.2) is 5.82 Å². The summed E-state index contributed by atoms with van der Waals surface area (Å²) < 4.78 is 16.5. The number of fused-ring (bicyclic) bond motifs is 1. The van der Waals surface area contributed by atoms with Gasteiger partial charge in [-0.25, -0.2) is 9.49 Å². The van der Waals surface area contributed by atoms with Crippen LogP contribution in [-0.4, -0.2) is 50.4 Å². The van der Waals surface area contributed by atoms with Crippen LogP contribution in [0.1, 0.15) is 39.4 Å². The van der Waals surface area contributed by atoms with E-state index < -0.39 is 11.4 Å². The van der Waals surface area contributed by atoms with Crippen LogP contribution in [-0.2, 0) is 19.4 Å². The number of aryl methyl sites for hydroxylation is 2. The topological polar surface area (TPSA) is 108 Å². The van der Waals surface area contributed by atoms with Gasteiger partial charge in [-0.2, -0.15) is 10.2 Å². The molecule has 1 amide bonds. The molecule has 0 atom stereocenters. The Bertz CT molecular complexity index is 1510. The van der Waals surface area contributed by atoms with Gasteiger partial charge in [0, 0.05) is 29.2 Å². The van der Waals surface area contributed by atoms with Gasteiger partial charge in [0.05, 0.1) is 22.8 Å². The van der Waals surface area contributed by atoms with E-state index in [0.717, 1.165) is 51.9 Å². The zero-order valence-electron chi connectivity index (χ0n) is 20.8. The van der Waals surface area contributed by atoms with Gasteiger partial charge >= 0.3 is 0 Å². The molecule has 3 aromatic heterocycles. The Morgan fingerprint density at radius 2 is 1.92 bits per heavy atom. The standard InChI is InChI=1S/C27H28FN7O2S/c28-19-7-6-17(14-21(19)30-27(37)24-15-18-4-1-2-5-23(18)38-24)20-16-22(26(36)32-31-20)29-25-8-11-35(33-25)13-12-34-9-3-10-34/h6-8,11,14-16H,1-5,9-10,12-13H2,(H,30,37)(H,32,36)(H,29,31,33). The second-order valence-corrected chi connectivity index (χ2v) is 10.8. The van der Waals surface area contributed by atoms with E-state index in [2.05, 4.69) is 30.8 Å². The monoisotopic (exact) mass is 533 g/mol. The average Bonchev–Trinajstić information content (AvgIpc) is 3.53. The van der Waals surface area contributed by atoms with Crippen LogP contribution in [0.4, 0.5) is 21.6 Å². The van der Waals surface area contributed by atoms with Gasteiger partial charge in [0.25, 0.3) is 11.5 Å². The zero-order valence-corrected chi connectivity index (χ0v) is 21.6. The van der Waals surface area contributed by atoms with Crippen LogP contribution < -0.4 is 16.2 Å².